The molecule has 2 rings (SSSR count). The Morgan fingerprint density at radius 1 is 1.47 bits per heavy atom. The summed E-state index contributed by atoms with van der Waals surface area (Å²) in [6, 6.07) is 1.39. The molecule has 90 valence electrons. The largest absolute Gasteiger partial charge is 0.491 e. The van der Waals surface area contributed by atoms with E-state index in [0.29, 0.717) is 11.3 Å². The Morgan fingerprint density at radius 3 is 2.76 bits per heavy atom. The van der Waals surface area contributed by atoms with Gasteiger partial charge in [0.25, 0.3) is 10.8 Å². The van der Waals surface area contributed by atoms with Crippen LogP contribution in [0.15, 0.2) is 17.1 Å². The number of halogens is 3. The Kier molecular flexibility index (Phi) is 2.62. The van der Waals surface area contributed by atoms with E-state index in [-0.39, 0.29) is 10.2 Å². The molecule has 0 amide bonds. The Bertz CT molecular complexity index is 631. The molecule has 0 saturated carbocycles. The molecule has 0 bridgehead atoms. The average Bonchev–Trinajstić information content (AvgIpc) is 2.60. The predicted molar refractivity (Wildman–Crippen MR) is 51.9 cm³/mol. The predicted octanol–water partition coefficient (Wildman–Crippen LogP) is 1.45. The summed E-state index contributed by atoms with van der Waals surface area (Å²) in [7, 11) is 0. The fourth-order valence-electron chi connectivity index (χ4n) is 1.03. The first kappa shape index (κ1) is 11.6. The van der Waals surface area contributed by atoms with Crippen molar-refractivity contribution in [2.45, 2.75) is 6.18 Å². The maximum atomic E-state index is 11.9. The lowest BCUT2D eigenvalue weighted by atomic mass is 10.4. The molecule has 9 heteroatoms. The molecule has 0 saturated heterocycles. The first-order valence-corrected chi connectivity index (χ1v) is 4.97. The summed E-state index contributed by atoms with van der Waals surface area (Å²) in [6.45, 7) is 0. The molecule has 17 heavy (non-hydrogen) atoms. The molecule has 2 aromatic rings. The van der Waals surface area contributed by atoms with Crippen molar-refractivity contribution in [1.29, 1.82) is 0 Å². The number of nitrogens with one attached hydrogen (secondary N) is 1. The van der Waals surface area contributed by atoms with Gasteiger partial charge in [0.2, 0.25) is 0 Å². The summed E-state index contributed by atoms with van der Waals surface area (Å²) in [5.41, 5.74) is -0.335. The molecular formula is C8H3F3N2O3S. The van der Waals surface area contributed by atoms with E-state index in [1.807, 2.05) is 0 Å². The van der Waals surface area contributed by atoms with Gasteiger partial charge in [-0.25, -0.2) is 9.78 Å². The fraction of sp³-hybridized carbons (Fsp3) is 0.125. The van der Waals surface area contributed by atoms with Gasteiger partial charge in [-0.2, -0.15) is 13.2 Å². The van der Waals surface area contributed by atoms with Gasteiger partial charge >= 0.3 is 12.1 Å². The lowest BCUT2D eigenvalue weighted by molar-refractivity contribution is -0.189. The second-order valence-corrected chi connectivity index (χ2v) is 3.85. The second kappa shape index (κ2) is 3.84. The number of hydrogen-bond donors (Lipinski definition) is 1. The molecular weight excluding hydrogens is 261 g/mol. The van der Waals surface area contributed by atoms with Crippen molar-refractivity contribution in [2.75, 3.05) is 0 Å². The quantitative estimate of drug-likeness (QED) is 0.791. The normalized spacial score (nSPS) is 11.7. The zero-order chi connectivity index (χ0) is 12.6. The van der Waals surface area contributed by atoms with Crippen LogP contribution in [0.4, 0.5) is 13.2 Å². The minimum atomic E-state index is -5.09. The number of aromatic nitrogens is 2. The lowest BCUT2D eigenvalue weighted by Crippen LogP contribution is -2.27. The Morgan fingerprint density at radius 2 is 2.18 bits per heavy atom. The number of alkyl halides is 3. The molecule has 0 spiro atoms. The number of thiazole rings is 1. The van der Waals surface area contributed by atoms with Crippen LogP contribution in [0, 0.1) is 0 Å². The second-order valence-electron chi connectivity index (χ2n) is 2.89. The number of aromatic amines is 1. The topological polar surface area (TPSA) is 72.0 Å². The van der Waals surface area contributed by atoms with E-state index in [9.17, 15) is 22.8 Å². The molecule has 0 aliphatic carbocycles. The molecule has 0 aromatic carbocycles. The van der Waals surface area contributed by atoms with E-state index in [4.69, 9.17) is 0 Å². The van der Waals surface area contributed by atoms with Crippen molar-refractivity contribution < 1.29 is 22.7 Å². The van der Waals surface area contributed by atoms with E-state index in [1.165, 1.54) is 12.3 Å². The minimum Gasteiger partial charge on any atom is -0.391 e. The third-order valence-corrected chi connectivity index (χ3v) is 2.65. The van der Waals surface area contributed by atoms with Crippen LogP contribution in [0.3, 0.4) is 0 Å². The monoisotopic (exact) mass is 264 g/mol. The molecule has 0 fully saturated rings. The summed E-state index contributed by atoms with van der Waals surface area (Å²) in [4.78, 5) is 27.7. The number of hydrogen-bond acceptors (Lipinski definition) is 5. The molecule has 1 N–H and O–H groups in total. The average molecular weight is 264 g/mol. The van der Waals surface area contributed by atoms with Gasteiger partial charge in [-0.05, 0) is 6.07 Å². The Balaban J connectivity index is 2.36. The number of ether oxygens (including phenoxy) is 1. The Hall–Kier alpha value is -1.90. The summed E-state index contributed by atoms with van der Waals surface area (Å²) in [5, 5.41) is -0.515. The van der Waals surface area contributed by atoms with E-state index >= 15 is 0 Å². The van der Waals surface area contributed by atoms with Gasteiger partial charge in [0.1, 0.15) is 4.70 Å². The van der Waals surface area contributed by atoms with E-state index in [0.717, 1.165) is 0 Å². The van der Waals surface area contributed by atoms with Crippen LogP contribution in [0.1, 0.15) is 0 Å². The molecule has 0 aliphatic rings. The van der Waals surface area contributed by atoms with Crippen LogP contribution in [0.2, 0.25) is 0 Å². The van der Waals surface area contributed by atoms with Crippen LogP contribution >= 0.6 is 11.3 Å². The molecule has 0 unspecified atom stereocenters. The SMILES string of the molecule is O=C(Oc1nc2cc[nH]c(=O)c2s1)C(F)(F)F. The molecule has 0 atom stereocenters. The smallest absolute Gasteiger partial charge is 0.391 e. The number of H-pyrrole nitrogens is 1. The number of pyridine rings is 1. The molecule has 0 radical (unpaired) electrons. The van der Waals surface area contributed by atoms with Crippen LogP contribution in [0.5, 0.6) is 5.19 Å². The van der Waals surface area contributed by atoms with Crippen molar-refractivity contribution in [2.24, 2.45) is 0 Å². The summed E-state index contributed by atoms with van der Waals surface area (Å²) < 4.78 is 39.8. The highest BCUT2D eigenvalue weighted by molar-refractivity contribution is 7.20. The number of fused-ring (bicyclic) bond motifs is 1. The first-order chi connectivity index (χ1) is 7.88. The lowest BCUT2D eigenvalue weighted by Gasteiger charge is -2.02. The molecule has 5 nitrogen and oxygen atoms in total. The number of carbonyl (C=O) groups is 1. The molecule has 2 heterocycles. The number of carbonyl (C=O) groups excluding carboxylic acids is 1. The van der Waals surface area contributed by atoms with Crippen LogP contribution in [0.25, 0.3) is 10.2 Å². The summed E-state index contributed by atoms with van der Waals surface area (Å²) in [6.07, 6.45) is -3.80. The van der Waals surface area contributed by atoms with Crippen LogP contribution in [-0.2, 0) is 4.79 Å². The number of esters is 1. The fourth-order valence-corrected chi connectivity index (χ4v) is 1.84. The van der Waals surface area contributed by atoms with E-state index in [1.54, 1.807) is 0 Å². The molecule has 0 aliphatic heterocycles. The van der Waals surface area contributed by atoms with Gasteiger partial charge in [0, 0.05) is 6.20 Å². The maximum absolute atomic E-state index is 11.9. The minimum absolute atomic E-state index is 0.0949. The van der Waals surface area contributed by atoms with Gasteiger partial charge in [0.15, 0.2) is 0 Å². The van der Waals surface area contributed by atoms with Gasteiger partial charge < -0.3 is 9.72 Å². The zero-order valence-electron chi connectivity index (χ0n) is 7.87. The Labute approximate surface area is 94.9 Å². The van der Waals surface area contributed by atoms with Crippen molar-refractivity contribution >= 4 is 27.5 Å². The van der Waals surface area contributed by atoms with Crippen molar-refractivity contribution in [3.63, 3.8) is 0 Å². The van der Waals surface area contributed by atoms with E-state index < -0.39 is 22.9 Å². The van der Waals surface area contributed by atoms with Crippen molar-refractivity contribution in [3.8, 4) is 5.19 Å². The highest BCUT2D eigenvalue weighted by Gasteiger charge is 2.42. The summed E-state index contributed by atoms with van der Waals surface area (Å²) in [5.74, 6) is -2.37. The van der Waals surface area contributed by atoms with Crippen molar-refractivity contribution in [3.05, 3.63) is 22.6 Å². The van der Waals surface area contributed by atoms with Gasteiger partial charge in [-0.3, -0.25) is 4.79 Å². The van der Waals surface area contributed by atoms with Crippen LogP contribution < -0.4 is 10.3 Å². The third-order valence-electron chi connectivity index (χ3n) is 1.71. The van der Waals surface area contributed by atoms with Crippen molar-refractivity contribution in [1.82, 2.24) is 9.97 Å². The highest BCUT2D eigenvalue weighted by atomic mass is 32.1. The van der Waals surface area contributed by atoms with Gasteiger partial charge in [0.05, 0.1) is 5.52 Å². The standard InChI is InChI=1S/C8H3F3N2O3S/c9-8(10,11)6(15)16-7-13-3-1-2-12-5(14)4(3)17-7/h1-2H,(H,12,14). The first-order valence-electron chi connectivity index (χ1n) is 4.15. The summed E-state index contributed by atoms with van der Waals surface area (Å²) >= 11 is 0.570. The van der Waals surface area contributed by atoms with Gasteiger partial charge in [-0.15, -0.1) is 0 Å². The van der Waals surface area contributed by atoms with E-state index in [2.05, 4.69) is 14.7 Å². The third kappa shape index (κ3) is 2.28. The highest BCUT2D eigenvalue weighted by Crippen LogP contribution is 2.26. The van der Waals surface area contributed by atoms with Gasteiger partial charge in [-0.1, -0.05) is 11.3 Å². The number of nitrogens with zero attached hydrogens (tertiary/aromatic N) is 1. The number of rotatable bonds is 1. The van der Waals surface area contributed by atoms with Crippen LogP contribution in [-0.4, -0.2) is 22.1 Å². The maximum Gasteiger partial charge on any atom is 0.491 e. The molecule has 2 aromatic heterocycles. The zero-order valence-corrected chi connectivity index (χ0v) is 8.69.